The molecule has 0 saturated carbocycles. The van der Waals surface area contributed by atoms with E-state index in [0.717, 1.165) is 13.2 Å². The van der Waals surface area contributed by atoms with E-state index in [1.165, 1.54) is 0 Å². The number of hydrogen-bond donors (Lipinski definition) is 0. The van der Waals surface area contributed by atoms with Crippen LogP contribution in [0.4, 0.5) is 10.1 Å². The molecule has 0 radical (unpaired) electrons. The number of benzene rings is 1. The predicted molar refractivity (Wildman–Crippen MR) is 68.3 cm³/mol. The first-order valence-corrected chi connectivity index (χ1v) is 6.38. The highest BCUT2D eigenvalue weighted by molar-refractivity contribution is 9.09. The zero-order valence-corrected chi connectivity index (χ0v) is 11.6. The summed E-state index contributed by atoms with van der Waals surface area (Å²) >= 11 is 3.18. The van der Waals surface area contributed by atoms with Gasteiger partial charge < -0.3 is 9.47 Å². The number of esters is 1. The molecule has 0 bridgehead atoms. The molecule has 19 heavy (non-hydrogen) atoms. The highest BCUT2D eigenvalue weighted by Gasteiger charge is 2.24. The number of alkyl halides is 1. The molecule has 0 fully saturated rings. The molecule has 0 saturated heterocycles. The first-order chi connectivity index (χ1) is 9.01. The maximum atomic E-state index is 13.6. The van der Waals surface area contributed by atoms with Crippen molar-refractivity contribution in [3.8, 4) is 5.75 Å². The van der Waals surface area contributed by atoms with Crippen molar-refractivity contribution in [2.24, 2.45) is 0 Å². The van der Waals surface area contributed by atoms with Gasteiger partial charge in [0.2, 0.25) is 0 Å². The second-order valence-corrected chi connectivity index (χ2v) is 4.23. The van der Waals surface area contributed by atoms with Gasteiger partial charge in [-0.3, -0.25) is 10.1 Å². The van der Waals surface area contributed by atoms with Crippen LogP contribution in [-0.2, 0) is 4.74 Å². The number of rotatable bonds is 6. The quantitative estimate of drug-likeness (QED) is 0.262. The van der Waals surface area contributed by atoms with Crippen molar-refractivity contribution in [1.29, 1.82) is 0 Å². The maximum absolute atomic E-state index is 13.6. The van der Waals surface area contributed by atoms with E-state index in [1.54, 1.807) is 0 Å². The molecule has 0 spiro atoms. The van der Waals surface area contributed by atoms with Crippen LogP contribution in [0.1, 0.15) is 16.8 Å². The highest BCUT2D eigenvalue weighted by atomic mass is 79.9. The SMILES string of the molecule is COC(=O)c1cc(OCCCBr)c(F)cc1[N+](=O)[O-]. The minimum atomic E-state index is -0.919. The Morgan fingerprint density at radius 2 is 2.21 bits per heavy atom. The summed E-state index contributed by atoms with van der Waals surface area (Å²) in [6.45, 7) is 0.223. The number of nitro benzene ring substituents is 1. The fourth-order valence-electron chi connectivity index (χ4n) is 1.31. The van der Waals surface area contributed by atoms with E-state index >= 15 is 0 Å². The lowest BCUT2D eigenvalue weighted by Gasteiger charge is -2.08. The zero-order valence-electron chi connectivity index (χ0n) is 10.0. The lowest BCUT2D eigenvalue weighted by Crippen LogP contribution is -2.08. The van der Waals surface area contributed by atoms with Crippen LogP contribution in [0.2, 0.25) is 0 Å². The van der Waals surface area contributed by atoms with Gasteiger partial charge in [-0.15, -0.1) is 0 Å². The third-order valence-corrected chi connectivity index (χ3v) is 2.75. The first kappa shape index (κ1) is 15.4. The summed E-state index contributed by atoms with van der Waals surface area (Å²) in [4.78, 5) is 21.3. The van der Waals surface area contributed by atoms with Crippen LogP contribution < -0.4 is 4.74 Å². The predicted octanol–water partition coefficient (Wildman–Crippen LogP) is 2.68. The number of nitro groups is 1. The van der Waals surface area contributed by atoms with Crippen LogP contribution in [0.25, 0.3) is 0 Å². The van der Waals surface area contributed by atoms with Crippen LogP contribution in [0.3, 0.4) is 0 Å². The van der Waals surface area contributed by atoms with Crippen LogP contribution in [-0.4, -0.2) is 29.9 Å². The standard InChI is InChI=1S/C11H11BrFNO5/c1-18-11(15)7-5-10(19-4-2-3-12)8(13)6-9(7)14(16)17/h5-6H,2-4H2,1H3. The normalized spacial score (nSPS) is 10.1. The Bertz CT molecular complexity index is 494. The topological polar surface area (TPSA) is 78.7 Å². The molecular formula is C11H11BrFNO5. The summed E-state index contributed by atoms with van der Waals surface area (Å²) in [5.74, 6) is -2.03. The zero-order chi connectivity index (χ0) is 14.4. The molecule has 0 atom stereocenters. The van der Waals surface area contributed by atoms with Gasteiger partial charge in [0, 0.05) is 11.4 Å². The molecule has 0 aliphatic rings. The summed E-state index contributed by atoms with van der Waals surface area (Å²) in [5.41, 5.74) is -1.00. The van der Waals surface area contributed by atoms with E-state index in [1.807, 2.05) is 0 Å². The van der Waals surface area contributed by atoms with Crippen molar-refractivity contribution in [3.63, 3.8) is 0 Å². The van der Waals surface area contributed by atoms with Crippen LogP contribution in [0, 0.1) is 15.9 Å². The van der Waals surface area contributed by atoms with Gasteiger partial charge in [-0.25, -0.2) is 9.18 Å². The number of carbonyl (C=O) groups excluding carboxylic acids is 1. The van der Waals surface area contributed by atoms with Gasteiger partial charge in [-0.1, -0.05) is 15.9 Å². The van der Waals surface area contributed by atoms with Gasteiger partial charge >= 0.3 is 5.97 Å². The third kappa shape index (κ3) is 3.88. The van der Waals surface area contributed by atoms with Crippen molar-refractivity contribution in [3.05, 3.63) is 33.6 Å². The fraction of sp³-hybridized carbons (Fsp3) is 0.364. The lowest BCUT2D eigenvalue weighted by molar-refractivity contribution is -0.385. The minimum absolute atomic E-state index is 0.216. The average molecular weight is 336 g/mol. The molecule has 0 aromatic heterocycles. The van der Waals surface area contributed by atoms with Crippen molar-refractivity contribution < 1.29 is 23.6 Å². The second-order valence-electron chi connectivity index (χ2n) is 3.44. The molecule has 6 nitrogen and oxygen atoms in total. The molecule has 1 aromatic rings. The number of methoxy groups -OCH3 is 1. The number of ether oxygens (including phenoxy) is 2. The Kier molecular flexibility index (Phi) is 5.68. The Balaban J connectivity index is 3.14. The van der Waals surface area contributed by atoms with Crippen molar-refractivity contribution in [1.82, 2.24) is 0 Å². The molecule has 1 rings (SSSR count). The largest absolute Gasteiger partial charge is 0.490 e. The second kappa shape index (κ2) is 7.03. The van der Waals surface area contributed by atoms with E-state index in [0.29, 0.717) is 17.8 Å². The highest BCUT2D eigenvalue weighted by Crippen LogP contribution is 2.28. The molecular weight excluding hydrogens is 325 g/mol. The molecule has 104 valence electrons. The van der Waals surface area contributed by atoms with Gasteiger partial charge in [0.1, 0.15) is 5.56 Å². The van der Waals surface area contributed by atoms with E-state index in [-0.39, 0.29) is 17.9 Å². The number of nitrogens with zero attached hydrogens (tertiary/aromatic N) is 1. The number of hydrogen-bond acceptors (Lipinski definition) is 5. The molecule has 8 heteroatoms. The van der Waals surface area contributed by atoms with E-state index in [4.69, 9.17) is 4.74 Å². The van der Waals surface area contributed by atoms with Crippen LogP contribution >= 0.6 is 15.9 Å². The summed E-state index contributed by atoms with van der Waals surface area (Å²) < 4.78 is 23.1. The molecule has 0 aliphatic carbocycles. The first-order valence-electron chi connectivity index (χ1n) is 5.26. The summed E-state index contributed by atoms with van der Waals surface area (Å²) in [7, 11) is 1.08. The van der Waals surface area contributed by atoms with Crippen LogP contribution in [0.5, 0.6) is 5.75 Å². The minimum Gasteiger partial charge on any atom is -0.490 e. The maximum Gasteiger partial charge on any atom is 0.345 e. The lowest BCUT2D eigenvalue weighted by atomic mass is 10.1. The number of carbonyl (C=O) groups is 1. The molecule has 0 unspecified atom stereocenters. The third-order valence-electron chi connectivity index (χ3n) is 2.19. The van der Waals surface area contributed by atoms with Crippen molar-refractivity contribution in [2.75, 3.05) is 19.0 Å². The molecule has 0 amide bonds. The average Bonchev–Trinajstić information content (AvgIpc) is 2.39. The van der Waals surface area contributed by atoms with Crippen molar-refractivity contribution >= 4 is 27.6 Å². The molecule has 0 N–H and O–H groups in total. The summed E-state index contributed by atoms with van der Waals surface area (Å²) in [6, 6.07) is 1.63. The molecule has 1 aromatic carbocycles. The van der Waals surface area contributed by atoms with E-state index in [2.05, 4.69) is 20.7 Å². The number of halogens is 2. The Hall–Kier alpha value is -1.70. The smallest absolute Gasteiger partial charge is 0.345 e. The van der Waals surface area contributed by atoms with E-state index < -0.39 is 22.4 Å². The monoisotopic (exact) mass is 335 g/mol. The van der Waals surface area contributed by atoms with Gasteiger partial charge in [-0.05, 0) is 6.42 Å². The Labute approximate surface area is 116 Å². The van der Waals surface area contributed by atoms with Crippen LogP contribution in [0.15, 0.2) is 12.1 Å². The molecule has 0 heterocycles. The van der Waals surface area contributed by atoms with Gasteiger partial charge in [0.15, 0.2) is 11.6 Å². The van der Waals surface area contributed by atoms with Crippen molar-refractivity contribution in [2.45, 2.75) is 6.42 Å². The molecule has 0 aliphatic heterocycles. The Morgan fingerprint density at radius 1 is 1.53 bits per heavy atom. The van der Waals surface area contributed by atoms with Gasteiger partial charge in [0.05, 0.1) is 24.7 Å². The summed E-state index contributed by atoms with van der Waals surface area (Å²) in [6.07, 6.45) is 0.629. The van der Waals surface area contributed by atoms with E-state index in [9.17, 15) is 19.3 Å². The van der Waals surface area contributed by atoms with Gasteiger partial charge in [0.25, 0.3) is 5.69 Å². The Morgan fingerprint density at radius 3 is 2.74 bits per heavy atom. The fourth-order valence-corrected chi connectivity index (χ4v) is 1.54. The van der Waals surface area contributed by atoms with Gasteiger partial charge in [-0.2, -0.15) is 0 Å². The summed E-state index contributed by atoms with van der Waals surface area (Å²) in [5, 5.41) is 11.4.